The Bertz CT molecular complexity index is 1420. The molecule has 2 amide bonds. The lowest BCUT2D eigenvalue weighted by Gasteiger charge is -2.31. The zero-order valence-corrected chi connectivity index (χ0v) is 22.3. The summed E-state index contributed by atoms with van der Waals surface area (Å²) in [4.78, 5) is 17.5. The molecule has 0 saturated carbocycles. The second-order valence-electron chi connectivity index (χ2n) is 9.98. The van der Waals surface area contributed by atoms with Gasteiger partial charge >= 0.3 is 6.03 Å². The third kappa shape index (κ3) is 4.55. The molecule has 0 unspecified atom stereocenters. The lowest BCUT2D eigenvalue weighted by molar-refractivity contribution is 0.180. The minimum atomic E-state index is -0.229. The summed E-state index contributed by atoms with van der Waals surface area (Å²) in [5.41, 5.74) is 7.25. The molecule has 0 fully saturated rings. The zero-order chi connectivity index (χ0) is 25.4. The minimum absolute atomic E-state index is 0.0521. The Morgan fingerprint density at radius 3 is 2.73 bits per heavy atom. The lowest BCUT2D eigenvalue weighted by Crippen LogP contribution is -2.41. The van der Waals surface area contributed by atoms with Crippen molar-refractivity contribution in [3.63, 3.8) is 0 Å². The SMILES string of the molecule is CCOc1cccc([C@@H]2c3cccn3-c3sc4c(c3CN2C(=O)NCc2ccc(C)cc2)CCCC4)c1. The van der Waals surface area contributed by atoms with Gasteiger partial charge in [-0.15, -0.1) is 11.3 Å². The molecule has 6 heteroatoms. The normalized spacial score (nSPS) is 16.4. The average molecular weight is 512 g/mol. The van der Waals surface area contributed by atoms with Gasteiger partial charge in [-0.05, 0) is 80.5 Å². The van der Waals surface area contributed by atoms with Crippen LogP contribution < -0.4 is 10.1 Å². The van der Waals surface area contributed by atoms with Gasteiger partial charge in [0.05, 0.1) is 24.9 Å². The van der Waals surface area contributed by atoms with Crippen molar-refractivity contribution in [2.75, 3.05) is 6.61 Å². The number of carbonyl (C=O) groups excluding carboxylic acids is 1. The zero-order valence-electron chi connectivity index (χ0n) is 21.5. The van der Waals surface area contributed by atoms with Crippen LogP contribution in [0.5, 0.6) is 5.75 Å². The summed E-state index contributed by atoms with van der Waals surface area (Å²) in [7, 11) is 0. The van der Waals surface area contributed by atoms with Crippen LogP contribution >= 0.6 is 11.3 Å². The van der Waals surface area contributed by atoms with Crippen molar-refractivity contribution in [3.05, 3.63) is 105 Å². The van der Waals surface area contributed by atoms with Crippen molar-refractivity contribution >= 4 is 17.4 Å². The number of aryl methyl sites for hydroxylation is 2. The van der Waals surface area contributed by atoms with E-state index in [2.05, 4.69) is 71.5 Å². The summed E-state index contributed by atoms with van der Waals surface area (Å²) in [6.45, 7) is 5.77. The average Bonchev–Trinajstić information content (AvgIpc) is 3.50. The minimum Gasteiger partial charge on any atom is -0.494 e. The molecule has 3 heterocycles. The molecular formula is C31H33N3O2S. The fraction of sp³-hybridized carbons (Fsp3) is 0.323. The number of ether oxygens (including phenoxy) is 1. The van der Waals surface area contributed by atoms with E-state index in [1.165, 1.54) is 39.4 Å². The summed E-state index contributed by atoms with van der Waals surface area (Å²) in [6.07, 6.45) is 6.86. The van der Waals surface area contributed by atoms with Crippen LogP contribution in [0, 0.1) is 6.92 Å². The molecule has 1 aliphatic heterocycles. The molecule has 5 nitrogen and oxygen atoms in total. The molecule has 6 rings (SSSR count). The van der Waals surface area contributed by atoms with Gasteiger partial charge in [-0.3, -0.25) is 0 Å². The van der Waals surface area contributed by atoms with Crippen LogP contribution in [-0.4, -0.2) is 22.1 Å². The molecule has 37 heavy (non-hydrogen) atoms. The third-order valence-corrected chi connectivity index (χ3v) is 8.82. The van der Waals surface area contributed by atoms with Crippen LogP contribution in [0.25, 0.3) is 5.00 Å². The highest BCUT2D eigenvalue weighted by molar-refractivity contribution is 7.15. The Balaban J connectivity index is 1.43. The molecule has 1 N–H and O–H groups in total. The van der Waals surface area contributed by atoms with Crippen molar-refractivity contribution in [2.24, 2.45) is 0 Å². The maximum absolute atomic E-state index is 14.0. The van der Waals surface area contributed by atoms with Gasteiger partial charge in [-0.1, -0.05) is 42.0 Å². The largest absolute Gasteiger partial charge is 0.494 e. The first-order valence-corrected chi connectivity index (χ1v) is 14.1. The van der Waals surface area contributed by atoms with Crippen LogP contribution in [-0.2, 0) is 25.9 Å². The van der Waals surface area contributed by atoms with Crippen molar-refractivity contribution in [2.45, 2.75) is 58.7 Å². The highest BCUT2D eigenvalue weighted by Gasteiger charge is 2.36. The standard InChI is InChI=1S/C31H33N3O2S/c1-3-36-24-9-6-8-23(18-24)29-27-11-7-17-33(27)30-26(25-10-4-5-12-28(25)37-30)20-34(29)31(35)32-19-22-15-13-21(2)14-16-22/h6-9,11,13-18,29H,3-5,10,12,19-20H2,1-2H3,(H,32,35)/t29-/m1/s1. The summed E-state index contributed by atoms with van der Waals surface area (Å²) in [5.74, 6) is 0.828. The Morgan fingerprint density at radius 1 is 1.05 bits per heavy atom. The van der Waals surface area contributed by atoms with Crippen molar-refractivity contribution in [1.29, 1.82) is 0 Å². The second kappa shape index (κ2) is 10.1. The van der Waals surface area contributed by atoms with Gasteiger partial charge in [0.15, 0.2) is 0 Å². The molecule has 1 aliphatic carbocycles. The fourth-order valence-electron chi connectivity index (χ4n) is 5.66. The van der Waals surface area contributed by atoms with Gasteiger partial charge in [-0.2, -0.15) is 0 Å². The number of carbonyl (C=O) groups is 1. The molecular weight excluding hydrogens is 478 g/mol. The van der Waals surface area contributed by atoms with Gasteiger partial charge < -0.3 is 19.5 Å². The van der Waals surface area contributed by atoms with Crippen molar-refractivity contribution in [1.82, 2.24) is 14.8 Å². The predicted octanol–water partition coefficient (Wildman–Crippen LogP) is 6.94. The smallest absolute Gasteiger partial charge is 0.318 e. The van der Waals surface area contributed by atoms with E-state index >= 15 is 0 Å². The van der Waals surface area contributed by atoms with E-state index < -0.39 is 0 Å². The van der Waals surface area contributed by atoms with Crippen molar-refractivity contribution in [3.8, 4) is 10.8 Å². The van der Waals surface area contributed by atoms with Crippen LogP contribution in [0.3, 0.4) is 0 Å². The van der Waals surface area contributed by atoms with Gasteiger partial charge in [0.2, 0.25) is 0 Å². The maximum Gasteiger partial charge on any atom is 0.318 e. The Hall–Kier alpha value is -3.51. The van der Waals surface area contributed by atoms with E-state index in [4.69, 9.17) is 4.74 Å². The summed E-state index contributed by atoms with van der Waals surface area (Å²) in [5, 5.41) is 4.50. The van der Waals surface area contributed by atoms with E-state index in [0.717, 1.165) is 35.4 Å². The first-order chi connectivity index (χ1) is 18.1. The van der Waals surface area contributed by atoms with Gasteiger partial charge in [-0.25, -0.2) is 4.79 Å². The number of urea groups is 1. The van der Waals surface area contributed by atoms with Crippen LogP contribution in [0.4, 0.5) is 4.79 Å². The number of amides is 2. The fourth-order valence-corrected chi connectivity index (χ4v) is 7.07. The number of nitrogens with one attached hydrogen (secondary N) is 1. The molecule has 1 atom stereocenters. The number of fused-ring (bicyclic) bond motifs is 5. The van der Waals surface area contributed by atoms with Crippen LogP contribution in [0.2, 0.25) is 0 Å². The molecule has 0 spiro atoms. The van der Waals surface area contributed by atoms with Gasteiger partial charge in [0.25, 0.3) is 0 Å². The first-order valence-electron chi connectivity index (χ1n) is 13.3. The number of thiophene rings is 1. The van der Waals surface area contributed by atoms with Crippen molar-refractivity contribution < 1.29 is 9.53 Å². The quantitative estimate of drug-likeness (QED) is 0.315. The van der Waals surface area contributed by atoms with Gasteiger partial charge in [0.1, 0.15) is 10.8 Å². The number of hydrogen-bond donors (Lipinski definition) is 1. The summed E-state index contributed by atoms with van der Waals surface area (Å²) < 4.78 is 8.17. The number of nitrogens with zero attached hydrogens (tertiary/aromatic N) is 2. The topological polar surface area (TPSA) is 46.5 Å². The molecule has 4 aromatic rings. The molecule has 0 radical (unpaired) electrons. The highest BCUT2D eigenvalue weighted by Crippen LogP contribution is 2.44. The van der Waals surface area contributed by atoms with E-state index in [-0.39, 0.29) is 12.1 Å². The van der Waals surface area contributed by atoms with E-state index in [1.807, 2.05) is 35.3 Å². The van der Waals surface area contributed by atoms with Crippen LogP contribution in [0.1, 0.15) is 64.2 Å². The molecule has 190 valence electrons. The molecule has 2 aromatic carbocycles. The third-order valence-electron chi connectivity index (χ3n) is 7.49. The monoisotopic (exact) mass is 511 g/mol. The predicted molar refractivity (Wildman–Crippen MR) is 149 cm³/mol. The first kappa shape index (κ1) is 23.9. The number of rotatable bonds is 5. The van der Waals surface area contributed by atoms with Crippen LogP contribution in [0.15, 0.2) is 66.9 Å². The second-order valence-corrected chi connectivity index (χ2v) is 11.1. The number of benzene rings is 2. The summed E-state index contributed by atoms with van der Waals surface area (Å²) in [6, 6.07) is 20.5. The van der Waals surface area contributed by atoms with E-state index in [0.29, 0.717) is 19.7 Å². The lowest BCUT2D eigenvalue weighted by atomic mass is 9.95. The molecule has 0 bridgehead atoms. The van der Waals surface area contributed by atoms with E-state index in [9.17, 15) is 4.79 Å². The summed E-state index contributed by atoms with van der Waals surface area (Å²) >= 11 is 1.91. The molecule has 2 aliphatic rings. The Morgan fingerprint density at radius 2 is 1.89 bits per heavy atom. The Labute approximate surface area is 222 Å². The Kier molecular flexibility index (Phi) is 6.51. The molecule has 2 aromatic heterocycles. The number of hydrogen-bond acceptors (Lipinski definition) is 3. The maximum atomic E-state index is 14.0. The number of aromatic nitrogens is 1. The molecule has 0 saturated heterocycles. The van der Waals surface area contributed by atoms with E-state index in [1.54, 1.807) is 0 Å². The van der Waals surface area contributed by atoms with Gasteiger partial charge in [0, 0.05) is 23.2 Å². The highest BCUT2D eigenvalue weighted by atomic mass is 32.1.